The lowest BCUT2D eigenvalue weighted by Gasteiger charge is -1.99. The van der Waals surface area contributed by atoms with E-state index in [9.17, 15) is 4.79 Å². The highest BCUT2D eigenvalue weighted by Gasteiger charge is 2.05. The molecule has 0 saturated heterocycles. The fourth-order valence-corrected chi connectivity index (χ4v) is 1.51. The van der Waals surface area contributed by atoms with Crippen LogP contribution in [0.1, 0.15) is 21.6 Å². The maximum absolute atomic E-state index is 11.2. The maximum Gasteiger partial charge on any atom is 0.267 e. The van der Waals surface area contributed by atoms with E-state index < -0.39 is 5.91 Å². The molecule has 0 aliphatic carbocycles. The number of pyridine rings is 1. The van der Waals surface area contributed by atoms with E-state index in [1.807, 2.05) is 48.6 Å². The van der Waals surface area contributed by atoms with Gasteiger partial charge >= 0.3 is 0 Å². The highest BCUT2D eigenvalue weighted by Crippen LogP contribution is 2.10. The van der Waals surface area contributed by atoms with Gasteiger partial charge in [-0.1, -0.05) is 48.6 Å². The van der Waals surface area contributed by atoms with Crippen LogP contribution in [0.4, 0.5) is 0 Å². The zero-order valence-corrected chi connectivity index (χ0v) is 9.21. The summed E-state index contributed by atoms with van der Waals surface area (Å²) in [5.74, 6) is -0.515. The molecule has 3 nitrogen and oxygen atoms in total. The first-order chi connectivity index (χ1) is 8.27. The average molecular weight is 224 g/mol. The molecule has 0 fully saturated rings. The molecular weight excluding hydrogens is 212 g/mol. The molecule has 1 heterocycles. The van der Waals surface area contributed by atoms with E-state index in [4.69, 9.17) is 5.73 Å². The van der Waals surface area contributed by atoms with E-state index in [-0.39, 0.29) is 0 Å². The quantitative estimate of drug-likeness (QED) is 0.870. The summed E-state index contributed by atoms with van der Waals surface area (Å²) >= 11 is 0. The van der Waals surface area contributed by atoms with E-state index in [1.54, 1.807) is 12.3 Å². The van der Waals surface area contributed by atoms with Crippen molar-refractivity contribution in [2.24, 2.45) is 5.73 Å². The van der Waals surface area contributed by atoms with Crippen LogP contribution in [0.5, 0.6) is 0 Å². The van der Waals surface area contributed by atoms with Crippen molar-refractivity contribution in [3.05, 3.63) is 65.5 Å². The molecule has 0 aliphatic rings. The largest absolute Gasteiger partial charge is 0.364 e. The van der Waals surface area contributed by atoms with Crippen LogP contribution in [0.15, 0.2) is 48.7 Å². The molecule has 0 spiro atoms. The predicted octanol–water partition coefficient (Wildman–Crippen LogP) is 2.35. The Morgan fingerprint density at radius 1 is 1.06 bits per heavy atom. The predicted molar refractivity (Wildman–Crippen MR) is 68.1 cm³/mol. The number of carbonyl (C=O) groups is 1. The minimum absolute atomic E-state index is 0.291. The SMILES string of the molecule is NC(=O)c1ncccc1C=Cc1ccccc1. The van der Waals surface area contributed by atoms with Crippen LogP contribution in [0, 0.1) is 0 Å². The molecule has 84 valence electrons. The van der Waals surface area contributed by atoms with Gasteiger partial charge in [-0.25, -0.2) is 0 Å². The van der Waals surface area contributed by atoms with Crippen molar-refractivity contribution in [1.29, 1.82) is 0 Å². The summed E-state index contributed by atoms with van der Waals surface area (Å²) < 4.78 is 0. The van der Waals surface area contributed by atoms with Crippen molar-refractivity contribution in [1.82, 2.24) is 4.98 Å². The Morgan fingerprint density at radius 2 is 1.82 bits per heavy atom. The monoisotopic (exact) mass is 224 g/mol. The number of primary amides is 1. The number of nitrogens with zero attached hydrogens (tertiary/aromatic N) is 1. The molecule has 2 N–H and O–H groups in total. The van der Waals surface area contributed by atoms with Crippen LogP contribution in [0.2, 0.25) is 0 Å². The maximum atomic E-state index is 11.2. The minimum atomic E-state index is -0.515. The number of nitrogens with two attached hydrogens (primary N) is 1. The first-order valence-electron chi connectivity index (χ1n) is 5.25. The Hall–Kier alpha value is -2.42. The molecule has 0 saturated carbocycles. The second kappa shape index (κ2) is 5.07. The van der Waals surface area contributed by atoms with Gasteiger partial charge in [0.15, 0.2) is 0 Å². The Bertz CT molecular complexity index is 547. The van der Waals surface area contributed by atoms with E-state index in [0.717, 1.165) is 11.1 Å². The number of carbonyl (C=O) groups excluding carboxylic acids is 1. The van der Waals surface area contributed by atoms with E-state index in [1.165, 1.54) is 0 Å². The van der Waals surface area contributed by atoms with Crippen molar-refractivity contribution in [3.8, 4) is 0 Å². The molecular formula is C14H12N2O. The molecule has 0 bridgehead atoms. The van der Waals surface area contributed by atoms with E-state index >= 15 is 0 Å². The summed E-state index contributed by atoms with van der Waals surface area (Å²) in [6, 6.07) is 13.4. The van der Waals surface area contributed by atoms with Gasteiger partial charge in [-0.3, -0.25) is 9.78 Å². The molecule has 2 aromatic rings. The highest BCUT2D eigenvalue weighted by molar-refractivity contribution is 5.95. The molecule has 1 aromatic carbocycles. The molecule has 17 heavy (non-hydrogen) atoms. The summed E-state index contributed by atoms with van der Waals surface area (Å²) in [7, 11) is 0. The number of benzene rings is 1. The van der Waals surface area contributed by atoms with Crippen LogP contribution in [-0.4, -0.2) is 10.9 Å². The van der Waals surface area contributed by atoms with Gasteiger partial charge < -0.3 is 5.73 Å². The lowest BCUT2D eigenvalue weighted by molar-refractivity contribution is 0.0995. The summed E-state index contributed by atoms with van der Waals surface area (Å²) in [6.07, 6.45) is 5.31. The lowest BCUT2D eigenvalue weighted by Crippen LogP contribution is -2.14. The van der Waals surface area contributed by atoms with E-state index in [2.05, 4.69) is 4.98 Å². The summed E-state index contributed by atoms with van der Waals surface area (Å²) in [5, 5.41) is 0. The highest BCUT2D eigenvalue weighted by atomic mass is 16.1. The second-order valence-corrected chi connectivity index (χ2v) is 3.55. The fourth-order valence-electron chi connectivity index (χ4n) is 1.51. The number of hydrogen-bond donors (Lipinski definition) is 1. The van der Waals surface area contributed by atoms with Gasteiger partial charge in [0, 0.05) is 11.8 Å². The number of rotatable bonds is 3. The van der Waals surface area contributed by atoms with Crippen LogP contribution in [0.25, 0.3) is 12.2 Å². The summed E-state index contributed by atoms with van der Waals surface area (Å²) in [4.78, 5) is 15.1. The number of aromatic nitrogens is 1. The Morgan fingerprint density at radius 3 is 2.53 bits per heavy atom. The number of amides is 1. The topological polar surface area (TPSA) is 56.0 Å². The van der Waals surface area contributed by atoms with Crippen molar-refractivity contribution in [2.45, 2.75) is 0 Å². The Balaban J connectivity index is 2.30. The fraction of sp³-hybridized carbons (Fsp3) is 0. The molecule has 2 rings (SSSR count). The molecule has 0 atom stereocenters. The first-order valence-corrected chi connectivity index (χ1v) is 5.25. The Labute approximate surface area is 99.6 Å². The van der Waals surface area contributed by atoms with Gasteiger partial charge in [-0.2, -0.15) is 0 Å². The zero-order chi connectivity index (χ0) is 12.1. The molecule has 0 aliphatic heterocycles. The van der Waals surface area contributed by atoms with Gasteiger partial charge in [-0.15, -0.1) is 0 Å². The van der Waals surface area contributed by atoms with Crippen molar-refractivity contribution >= 4 is 18.1 Å². The summed E-state index contributed by atoms with van der Waals surface area (Å²) in [6.45, 7) is 0. The van der Waals surface area contributed by atoms with Crippen LogP contribution in [-0.2, 0) is 0 Å². The third kappa shape index (κ3) is 2.78. The standard InChI is InChI=1S/C14H12N2O/c15-14(17)13-12(7-4-10-16-13)9-8-11-5-2-1-3-6-11/h1-10H,(H2,15,17). The van der Waals surface area contributed by atoms with Gasteiger partial charge in [0.05, 0.1) is 0 Å². The van der Waals surface area contributed by atoms with Gasteiger partial charge in [0.2, 0.25) is 0 Å². The van der Waals surface area contributed by atoms with Gasteiger partial charge in [0.25, 0.3) is 5.91 Å². The van der Waals surface area contributed by atoms with Crippen molar-refractivity contribution in [3.63, 3.8) is 0 Å². The van der Waals surface area contributed by atoms with Crippen LogP contribution >= 0.6 is 0 Å². The zero-order valence-electron chi connectivity index (χ0n) is 9.21. The average Bonchev–Trinajstić information content (AvgIpc) is 2.38. The smallest absolute Gasteiger partial charge is 0.267 e. The molecule has 1 aromatic heterocycles. The van der Waals surface area contributed by atoms with E-state index in [0.29, 0.717) is 5.69 Å². The minimum Gasteiger partial charge on any atom is -0.364 e. The second-order valence-electron chi connectivity index (χ2n) is 3.55. The Kier molecular flexibility index (Phi) is 3.31. The van der Waals surface area contributed by atoms with Gasteiger partial charge in [0.1, 0.15) is 5.69 Å². The molecule has 0 radical (unpaired) electrons. The third-order valence-electron chi connectivity index (χ3n) is 2.33. The molecule has 0 unspecified atom stereocenters. The van der Waals surface area contributed by atoms with Crippen molar-refractivity contribution in [2.75, 3.05) is 0 Å². The van der Waals surface area contributed by atoms with Crippen molar-refractivity contribution < 1.29 is 4.79 Å². The third-order valence-corrected chi connectivity index (χ3v) is 2.33. The molecule has 1 amide bonds. The lowest BCUT2D eigenvalue weighted by atomic mass is 10.1. The first kappa shape index (κ1) is 11.1. The number of hydrogen-bond acceptors (Lipinski definition) is 2. The molecule has 3 heteroatoms. The van der Waals surface area contributed by atoms with Crippen LogP contribution in [0.3, 0.4) is 0 Å². The van der Waals surface area contributed by atoms with Crippen LogP contribution < -0.4 is 5.73 Å². The van der Waals surface area contributed by atoms with Gasteiger partial charge in [-0.05, 0) is 11.6 Å². The normalized spacial score (nSPS) is 10.6. The summed E-state index contributed by atoms with van der Waals surface area (Å²) in [5.41, 5.74) is 7.33.